The van der Waals surface area contributed by atoms with E-state index in [0.29, 0.717) is 5.56 Å². The van der Waals surface area contributed by atoms with E-state index in [1.807, 2.05) is 0 Å². The number of halogens is 1. The Bertz CT molecular complexity index is 464. The molecular formula is C10H11FN2S. The van der Waals surface area contributed by atoms with Gasteiger partial charge in [-0.05, 0) is 25.0 Å². The normalized spacial score (nSPS) is 11.1. The highest BCUT2D eigenvalue weighted by Gasteiger charge is 2.11. The summed E-state index contributed by atoms with van der Waals surface area (Å²) in [5.41, 5.74) is 3.17. The number of aromatic nitrogens is 2. The Labute approximate surface area is 86.1 Å². The zero-order valence-electron chi connectivity index (χ0n) is 8.17. The van der Waals surface area contributed by atoms with Gasteiger partial charge in [-0.15, -0.1) is 0 Å². The predicted molar refractivity (Wildman–Crippen MR) is 56.1 cm³/mol. The van der Waals surface area contributed by atoms with Crippen molar-refractivity contribution in [2.45, 2.75) is 26.7 Å². The molecule has 0 aliphatic carbocycles. The van der Waals surface area contributed by atoms with Gasteiger partial charge in [-0.3, -0.25) is 0 Å². The molecule has 0 atom stereocenters. The zero-order valence-corrected chi connectivity index (χ0v) is 8.99. The summed E-state index contributed by atoms with van der Waals surface area (Å²) in [6, 6.07) is 1.59. The minimum Gasteiger partial charge on any atom is -0.207 e. The van der Waals surface area contributed by atoms with Crippen molar-refractivity contribution in [3.63, 3.8) is 0 Å². The third kappa shape index (κ3) is 1.39. The van der Waals surface area contributed by atoms with Crippen LogP contribution in [0.2, 0.25) is 0 Å². The fourth-order valence-electron chi connectivity index (χ4n) is 1.55. The van der Waals surface area contributed by atoms with Gasteiger partial charge in [0.15, 0.2) is 0 Å². The molecule has 0 aliphatic rings. The van der Waals surface area contributed by atoms with Crippen LogP contribution in [0.1, 0.15) is 24.5 Å². The van der Waals surface area contributed by atoms with Crippen LogP contribution in [0.15, 0.2) is 6.07 Å². The molecular weight excluding hydrogens is 199 g/mol. The van der Waals surface area contributed by atoms with Gasteiger partial charge in [-0.1, -0.05) is 13.3 Å². The van der Waals surface area contributed by atoms with E-state index < -0.39 is 0 Å². The lowest BCUT2D eigenvalue weighted by Gasteiger charge is -2.02. The van der Waals surface area contributed by atoms with E-state index in [2.05, 4.69) is 15.7 Å². The molecule has 0 radical (unpaired) electrons. The molecule has 1 aromatic carbocycles. The molecule has 2 aromatic rings. The molecule has 0 aliphatic heterocycles. The molecule has 0 spiro atoms. The highest BCUT2D eigenvalue weighted by Crippen LogP contribution is 2.24. The fraction of sp³-hybridized carbons (Fsp3) is 0.400. The SMILES string of the molecule is CCCc1cc(F)c(C)c2nsnc12. The summed E-state index contributed by atoms with van der Waals surface area (Å²) < 4.78 is 21.8. The lowest BCUT2D eigenvalue weighted by molar-refractivity contribution is 0.618. The van der Waals surface area contributed by atoms with Crippen molar-refractivity contribution >= 4 is 22.8 Å². The maximum absolute atomic E-state index is 13.4. The van der Waals surface area contributed by atoms with Crippen LogP contribution in [-0.4, -0.2) is 8.75 Å². The Kier molecular flexibility index (Phi) is 2.46. The standard InChI is InChI=1S/C10H11FN2S/c1-3-4-7-5-8(11)6(2)9-10(7)13-14-12-9/h5H,3-4H2,1-2H3. The topological polar surface area (TPSA) is 25.8 Å². The number of hydrogen-bond acceptors (Lipinski definition) is 3. The summed E-state index contributed by atoms with van der Waals surface area (Å²) in [4.78, 5) is 0. The van der Waals surface area contributed by atoms with Gasteiger partial charge < -0.3 is 0 Å². The minimum atomic E-state index is -0.173. The van der Waals surface area contributed by atoms with Crippen LogP contribution >= 0.6 is 11.7 Å². The number of benzene rings is 1. The quantitative estimate of drug-likeness (QED) is 0.761. The van der Waals surface area contributed by atoms with Crippen molar-refractivity contribution in [2.24, 2.45) is 0 Å². The Morgan fingerprint density at radius 1 is 1.36 bits per heavy atom. The number of fused-ring (bicyclic) bond motifs is 1. The van der Waals surface area contributed by atoms with Crippen LogP contribution in [0.4, 0.5) is 4.39 Å². The third-order valence-corrected chi connectivity index (χ3v) is 2.85. The van der Waals surface area contributed by atoms with Crippen molar-refractivity contribution in [3.05, 3.63) is 23.0 Å². The number of aryl methyl sites for hydroxylation is 2. The highest BCUT2D eigenvalue weighted by molar-refractivity contribution is 7.00. The van der Waals surface area contributed by atoms with E-state index in [9.17, 15) is 4.39 Å². The van der Waals surface area contributed by atoms with Crippen LogP contribution in [-0.2, 0) is 6.42 Å². The van der Waals surface area contributed by atoms with Crippen LogP contribution in [0.25, 0.3) is 11.0 Å². The fourth-order valence-corrected chi connectivity index (χ4v) is 2.18. The summed E-state index contributed by atoms with van der Waals surface area (Å²) >= 11 is 1.15. The molecule has 0 unspecified atom stereocenters. The minimum absolute atomic E-state index is 0.173. The molecule has 2 rings (SSSR count). The largest absolute Gasteiger partial charge is 0.207 e. The average Bonchev–Trinajstić information content (AvgIpc) is 2.63. The van der Waals surface area contributed by atoms with Crippen LogP contribution in [0, 0.1) is 12.7 Å². The molecule has 0 saturated carbocycles. The van der Waals surface area contributed by atoms with E-state index in [-0.39, 0.29) is 5.82 Å². The number of nitrogens with zero attached hydrogens (tertiary/aromatic N) is 2. The molecule has 0 saturated heterocycles. The van der Waals surface area contributed by atoms with E-state index in [0.717, 1.165) is 41.2 Å². The molecule has 0 N–H and O–H groups in total. The van der Waals surface area contributed by atoms with Crippen molar-refractivity contribution < 1.29 is 4.39 Å². The van der Waals surface area contributed by atoms with Crippen LogP contribution in [0.3, 0.4) is 0 Å². The molecule has 0 fully saturated rings. The van der Waals surface area contributed by atoms with Crippen LogP contribution < -0.4 is 0 Å². The first-order chi connectivity index (χ1) is 6.74. The van der Waals surface area contributed by atoms with Gasteiger partial charge in [0.05, 0.1) is 11.7 Å². The molecule has 0 bridgehead atoms. The Balaban J connectivity index is 2.71. The second-order valence-corrected chi connectivity index (χ2v) is 3.88. The first-order valence-corrected chi connectivity index (χ1v) is 5.37. The van der Waals surface area contributed by atoms with Gasteiger partial charge in [0.25, 0.3) is 0 Å². The molecule has 1 aromatic heterocycles. The van der Waals surface area contributed by atoms with Gasteiger partial charge in [-0.25, -0.2) is 4.39 Å². The van der Waals surface area contributed by atoms with Crippen molar-refractivity contribution in [3.8, 4) is 0 Å². The van der Waals surface area contributed by atoms with Crippen molar-refractivity contribution in [1.82, 2.24) is 8.75 Å². The summed E-state index contributed by atoms with van der Waals surface area (Å²) in [7, 11) is 0. The zero-order chi connectivity index (χ0) is 10.1. The van der Waals surface area contributed by atoms with E-state index >= 15 is 0 Å². The van der Waals surface area contributed by atoms with Crippen molar-refractivity contribution in [2.75, 3.05) is 0 Å². The lowest BCUT2D eigenvalue weighted by Crippen LogP contribution is -1.92. The smallest absolute Gasteiger partial charge is 0.128 e. The van der Waals surface area contributed by atoms with Gasteiger partial charge >= 0.3 is 0 Å². The van der Waals surface area contributed by atoms with Crippen molar-refractivity contribution in [1.29, 1.82) is 0 Å². The Morgan fingerprint density at radius 3 is 2.79 bits per heavy atom. The summed E-state index contributed by atoms with van der Waals surface area (Å²) in [5.74, 6) is -0.173. The van der Waals surface area contributed by atoms with Gasteiger partial charge in [0.2, 0.25) is 0 Å². The molecule has 2 nitrogen and oxygen atoms in total. The highest BCUT2D eigenvalue weighted by atomic mass is 32.1. The summed E-state index contributed by atoms with van der Waals surface area (Å²) in [5, 5.41) is 0. The first kappa shape index (κ1) is 9.52. The lowest BCUT2D eigenvalue weighted by atomic mass is 10.1. The Morgan fingerprint density at radius 2 is 2.07 bits per heavy atom. The average molecular weight is 210 g/mol. The number of hydrogen-bond donors (Lipinski definition) is 0. The maximum Gasteiger partial charge on any atom is 0.128 e. The van der Waals surface area contributed by atoms with E-state index in [1.165, 1.54) is 0 Å². The monoisotopic (exact) mass is 210 g/mol. The van der Waals surface area contributed by atoms with Crippen LogP contribution in [0.5, 0.6) is 0 Å². The summed E-state index contributed by atoms with van der Waals surface area (Å²) in [6.07, 6.45) is 1.86. The second kappa shape index (κ2) is 3.61. The number of rotatable bonds is 2. The van der Waals surface area contributed by atoms with Gasteiger partial charge in [0.1, 0.15) is 16.9 Å². The maximum atomic E-state index is 13.4. The predicted octanol–water partition coefficient (Wildman–Crippen LogP) is 3.09. The molecule has 74 valence electrons. The molecule has 1 heterocycles. The third-order valence-electron chi connectivity index (χ3n) is 2.33. The van der Waals surface area contributed by atoms with Gasteiger partial charge in [0, 0.05) is 5.56 Å². The van der Waals surface area contributed by atoms with Gasteiger partial charge in [-0.2, -0.15) is 8.75 Å². The molecule has 4 heteroatoms. The Hall–Kier alpha value is -1.03. The summed E-state index contributed by atoms with van der Waals surface area (Å²) in [6.45, 7) is 3.82. The first-order valence-electron chi connectivity index (χ1n) is 4.64. The second-order valence-electron chi connectivity index (χ2n) is 3.35. The van der Waals surface area contributed by atoms with E-state index in [1.54, 1.807) is 13.0 Å². The molecule has 0 amide bonds. The molecule has 14 heavy (non-hydrogen) atoms. The van der Waals surface area contributed by atoms with E-state index in [4.69, 9.17) is 0 Å².